The molecule has 9 heavy (non-hydrogen) atoms. The Bertz CT molecular complexity index is 90.6. The van der Waals surface area contributed by atoms with Crippen LogP contribution < -0.4 is 0 Å². The highest BCUT2D eigenvalue weighted by Gasteiger charge is 2.24. The molecule has 0 unspecified atom stereocenters. The molecule has 54 valence electrons. The lowest BCUT2D eigenvalue weighted by atomic mass is 10.1. The average Bonchev–Trinajstić information content (AvgIpc) is 2.10. The van der Waals surface area contributed by atoms with Gasteiger partial charge in [-0.2, -0.15) is 0 Å². The summed E-state index contributed by atoms with van der Waals surface area (Å²) >= 11 is 0. The maximum Gasteiger partial charge on any atom is 0.00927 e. The van der Waals surface area contributed by atoms with Crippen LogP contribution in [0.3, 0.4) is 0 Å². The molecule has 0 saturated carbocycles. The van der Waals surface area contributed by atoms with E-state index in [0.717, 1.165) is 12.0 Å². The smallest absolute Gasteiger partial charge is 0.00927 e. The molecule has 1 heterocycles. The van der Waals surface area contributed by atoms with Gasteiger partial charge < -0.3 is 4.90 Å². The van der Waals surface area contributed by atoms with Gasteiger partial charge in [-0.1, -0.05) is 13.8 Å². The molecule has 1 nitrogen and oxygen atoms in total. The Hall–Kier alpha value is -0.0400. The highest BCUT2D eigenvalue weighted by atomic mass is 15.1. The van der Waals surface area contributed by atoms with Crippen molar-refractivity contribution in [2.75, 3.05) is 13.6 Å². The molecule has 0 aromatic heterocycles. The first-order chi connectivity index (χ1) is 4.24. The molecule has 2 atom stereocenters. The van der Waals surface area contributed by atoms with Crippen LogP contribution in [-0.4, -0.2) is 24.5 Å². The quantitative estimate of drug-likeness (QED) is 0.518. The summed E-state index contributed by atoms with van der Waals surface area (Å²) in [6.07, 6.45) is 2.73. The first-order valence-electron chi connectivity index (χ1n) is 3.94. The molecule has 0 radical (unpaired) electrons. The van der Waals surface area contributed by atoms with Crippen molar-refractivity contribution in [1.29, 1.82) is 0 Å². The minimum absolute atomic E-state index is 0.875. The largest absolute Gasteiger partial charge is 0.303 e. The van der Waals surface area contributed by atoms with Gasteiger partial charge in [0.2, 0.25) is 0 Å². The van der Waals surface area contributed by atoms with Crippen molar-refractivity contribution in [2.24, 2.45) is 5.92 Å². The molecule has 1 aliphatic heterocycles. The van der Waals surface area contributed by atoms with E-state index in [2.05, 4.69) is 25.8 Å². The Morgan fingerprint density at radius 3 is 2.44 bits per heavy atom. The molecule has 0 aliphatic carbocycles. The Kier molecular flexibility index (Phi) is 2.12. The molecule has 0 aromatic rings. The molecule has 0 amide bonds. The highest BCUT2D eigenvalue weighted by molar-refractivity contribution is 4.79. The molecule has 0 bridgehead atoms. The van der Waals surface area contributed by atoms with Crippen molar-refractivity contribution < 1.29 is 0 Å². The second kappa shape index (κ2) is 2.70. The van der Waals surface area contributed by atoms with Gasteiger partial charge in [0.1, 0.15) is 0 Å². The lowest BCUT2D eigenvalue weighted by Gasteiger charge is -2.16. The number of hydrogen-bond donors (Lipinski definition) is 0. The van der Waals surface area contributed by atoms with E-state index in [0.29, 0.717) is 0 Å². The molecule has 0 aromatic carbocycles. The molecular weight excluding hydrogens is 110 g/mol. The fourth-order valence-corrected chi connectivity index (χ4v) is 1.84. The van der Waals surface area contributed by atoms with Gasteiger partial charge in [0.05, 0.1) is 0 Å². The van der Waals surface area contributed by atoms with E-state index < -0.39 is 0 Å². The first kappa shape index (κ1) is 7.07. The molecule has 1 aliphatic rings. The fraction of sp³-hybridized carbons (Fsp3) is 1.00. The zero-order chi connectivity index (χ0) is 6.85. The minimum Gasteiger partial charge on any atom is -0.303 e. The molecule has 0 spiro atoms. The van der Waals surface area contributed by atoms with Crippen LogP contribution in [0.25, 0.3) is 0 Å². The summed E-state index contributed by atoms with van der Waals surface area (Å²) in [7, 11) is 2.23. The standard InChI is InChI=1S/C8H17N/c1-4-8-5-7(2)6-9(8)3/h7-8H,4-6H2,1-3H3/t7-,8-/m1/s1. The van der Waals surface area contributed by atoms with Crippen molar-refractivity contribution in [2.45, 2.75) is 32.7 Å². The third-order valence-corrected chi connectivity index (χ3v) is 2.37. The van der Waals surface area contributed by atoms with Crippen LogP contribution in [0.2, 0.25) is 0 Å². The van der Waals surface area contributed by atoms with Gasteiger partial charge in [-0.25, -0.2) is 0 Å². The van der Waals surface area contributed by atoms with E-state index in [1.54, 1.807) is 0 Å². The maximum atomic E-state index is 2.48. The number of likely N-dealkylation sites (tertiary alicyclic amines) is 1. The molecule has 1 heteroatoms. The van der Waals surface area contributed by atoms with Gasteiger partial charge in [-0.3, -0.25) is 0 Å². The van der Waals surface area contributed by atoms with Crippen molar-refractivity contribution >= 4 is 0 Å². The van der Waals surface area contributed by atoms with Gasteiger partial charge in [-0.05, 0) is 25.8 Å². The van der Waals surface area contributed by atoms with Gasteiger partial charge in [0, 0.05) is 12.6 Å². The van der Waals surface area contributed by atoms with E-state index in [4.69, 9.17) is 0 Å². The summed E-state index contributed by atoms with van der Waals surface area (Å²) in [6.45, 7) is 5.92. The zero-order valence-electron chi connectivity index (χ0n) is 6.72. The lowest BCUT2D eigenvalue weighted by Crippen LogP contribution is -2.23. The van der Waals surface area contributed by atoms with Crippen LogP contribution in [0, 0.1) is 5.92 Å². The van der Waals surface area contributed by atoms with Crippen LogP contribution >= 0.6 is 0 Å². The maximum absolute atomic E-state index is 2.48. The molecule has 1 saturated heterocycles. The van der Waals surface area contributed by atoms with Crippen LogP contribution in [-0.2, 0) is 0 Å². The van der Waals surface area contributed by atoms with Crippen molar-refractivity contribution in [3.05, 3.63) is 0 Å². The second-order valence-corrected chi connectivity index (χ2v) is 3.34. The van der Waals surface area contributed by atoms with E-state index in [-0.39, 0.29) is 0 Å². The Morgan fingerprint density at radius 2 is 2.22 bits per heavy atom. The summed E-state index contributed by atoms with van der Waals surface area (Å²) in [5.41, 5.74) is 0. The predicted molar refractivity (Wildman–Crippen MR) is 40.5 cm³/mol. The summed E-state index contributed by atoms with van der Waals surface area (Å²) in [6, 6.07) is 0.875. The number of hydrogen-bond acceptors (Lipinski definition) is 1. The monoisotopic (exact) mass is 127 g/mol. The average molecular weight is 127 g/mol. The molecular formula is C8H17N. The van der Waals surface area contributed by atoms with Crippen molar-refractivity contribution in [3.63, 3.8) is 0 Å². The van der Waals surface area contributed by atoms with Crippen LogP contribution in [0.1, 0.15) is 26.7 Å². The fourth-order valence-electron chi connectivity index (χ4n) is 1.84. The van der Waals surface area contributed by atoms with Crippen molar-refractivity contribution in [3.8, 4) is 0 Å². The third kappa shape index (κ3) is 1.45. The molecule has 1 rings (SSSR count). The van der Waals surface area contributed by atoms with Gasteiger partial charge >= 0.3 is 0 Å². The van der Waals surface area contributed by atoms with Gasteiger partial charge in [-0.15, -0.1) is 0 Å². The third-order valence-electron chi connectivity index (χ3n) is 2.37. The van der Waals surface area contributed by atoms with E-state index >= 15 is 0 Å². The van der Waals surface area contributed by atoms with E-state index in [9.17, 15) is 0 Å². The molecule has 1 fully saturated rings. The predicted octanol–water partition coefficient (Wildman–Crippen LogP) is 1.74. The van der Waals surface area contributed by atoms with Crippen LogP contribution in [0.4, 0.5) is 0 Å². The van der Waals surface area contributed by atoms with Crippen LogP contribution in [0.5, 0.6) is 0 Å². The van der Waals surface area contributed by atoms with E-state index in [1.165, 1.54) is 19.4 Å². The Morgan fingerprint density at radius 1 is 1.56 bits per heavy atom. The first-order valence-corrected chi connectivity index (χ1v) is 3.94. The number of rotatable bonds is 1. The lowest BCUT2D eigenvalue weighted by molar-refractivity contribution is 0.302. The molecule has 0 N–H and O–H groups in total. The SMILES string of the molecule is CC[C@@H]1C[C@@H](C)CN1C. The topological polar surface area (TPSA) is 3.24 Å². The minimum atomic E-state index is 0.875. The second-order valence-electron chi connectivity index (χ2n) is 3.34. The highest BCUT2D eigenvalue weighted by Crippen LogP contribution is 2.22. The summed E-state index contributed by atoms with van der Waals surface area (Å²) in [5.74, 6) is 0.931. The zero-order valence-corrected chi connectivity index (χ0v) is 6.72. The van der Waals surface area contributed by atoms with Gasteiger partial charge in [0.25, 0.3) is 0 Å². The summed E-state index contributed by atoms with van der Waals surface area (Å²) < 4.78 is 0. The normalized spacial score (nSPS) is 37.7. The van der Waals surface area contributed by atoms with Crippen LogP contribution in [0.15, 0.2) is 0 Å². The van der Waals surface area contributed by atoms with Gasteiger partial charge in [0.15, 0.2) is 0 Å². The van der Waals surface area contributed by atoms with E-state index in [1.807, 2.05) is 0 Å². The van der Waals surface area contributed by atoms with Crippen molar-refractivity contribution in [1.82, 2.24) is 4.90 Å². The number of nitrogens with zero attached hydrogens (tertiary/aromatic N) is 1. The Balaban J connectivity index is 2.38. The summed E-state index contributed by atoms with van der Waals surface area (Å²) in [5, 5.41) is 0. The summed E-state index contributed by atoms with van der Waals surface area (Å²) in [4.78, 5) is 2.48. The Labute approximate surface area is 58.0 Å².